The molecular formula is C19H23N3O2. The Morgan fingerprint density at radius 3 is 2.79 bits per heavy atom. The molecular weight excluding hydrogens is 302 g/mol. The quantitative estimate of drug-likeness (QED) is 0.843. The van der Waals surface area contributed by atoms with Gasteiger partial charge in [-0.25, -0.2) is 0 Å². The molecule has 0 bridgehead atoms. The smallest absolute Gasteiger partial charge is 0.253 e. The molecule has 0 saturated carbocycles. The summed E-state index contributed by atoms with van der Waals surface area (Å²) in [6, 6.07) is 16.0. The molecule has 1 aliphatic heterocycles. The van der Waals surface area contributed by atoms with E-state index < -0.39 is 6.10 Å². The molecule has 1 fully saturated rings. The first kappa shape index (κ1) is 16.6. The SMILES string of the molecule is CN(Cc1ccccn1)C(=O)[C@H]1CN(Cc2ccccc2)CCO1. The number of amides is 1. The van der Waals surface area contributed by atoms with Gasteiger partial charge in [0, 0.05) is 32.9 Å². The predicted molar refractivity (Wildman–Crippen MR) is 92.2 cm³/mol. The second kappa shape index (κ2) is 8.04. The van der Waals surface area contributed by atoms with Crippen LogP contribution in [0.2, 0.25) is 0 Å². The van der Waals surface area contributed by atoms with E-state index in [2.05, 4.69) is 22.0 Å². The summed E-state index contributed by atoms with van der Waals surface area (Å²) < 4.78 is 5.71. The van der Waals surface area contributed by atoms with Crippen molar-refractivity contribution in [2.24, 2.45) is 0 Å². The van der Waals surface area contributed by atoms with Crippen molar-refractivity contribution in [2.75, 3.05) is 26.7 Å². The average Bonchev–Trinajstić information content (AvgIpc) is 2.63. The van der Waals surface area contributed by atoms with E-state index in [-0.39, 0.29) is 5.91 Å². The number of carbonyl (C=O) groups excluding carboxylic acids is 1. The van der Waals surface area contributed by atoms with Crippen molar-refractivity contribution in [1.82, 2.24) is 14.8 Å². The van der Waals surface area contributed by atoms with Crippen LogP contribution in [0.1, 0.15) is 11.3 Å². The Labute approximate surface area is 142 Å². The fraction of sp³-hybridized carbons (Fsp3) is 0.368. The van der Waals surface area contributed by atoms with E-state index in [1.807, 2.05) is 36.4 Å². The van der Waals surface area contributed by atoms with Gasteiger partial charge in [-0.3, -0.25) is 14.7 Å². The molecule has 1 atom stereocenters. The number of likely N-dealkylation sites (N-methyl/N-ethyl adjacent to an activating group) is 1. The Hall–Kier alpha value is -2.24. The molecule has 3 rings (SSSR count). The molecule has 5 nitrogen and oxygen atoms in total. The Morgan fingerprint density at radius 1 is 1.25 bits per heavy atom. The Balaban J connectivity index is 1.56. The fourth-order valence-electron chi connectivity index (χ4n) is 2.90. The molecule has 0 N–H and O–H groups in total. The van der Waals surface area contributed by atoms with Crippen molar-refractivity contribution < 1.29 is 9.53 Å². The summed E-state index contributed by atoms with van der Waals surface area (Å²) >= 11 is 0. The van der Waals surface area contributed by atoms with E-state index in [4.69, 9.17) is 4.74 Å². The molecule has 0 unspecified atom stereocenters. The number of rotatable bonds is 5. The van der Waals surface area contributed by atoms with Crippen LogP contribution in [0.15, 0.2) is 54.7 Å². The number of pyridine rings is 1. The molecule has 1 amide bonds. The first-order chi connectivity index (χ1) is 11.7. The highest BCUT2D eigenvalue weighted by Crippen LogP contribution is 2.13. The highest BCUT2D eigenvalue weighted by Gasteiger charge is 2.29. The van der Waals surface area contributed by atoms with Gasteiger partial charge in [-0.05, 0) is 17.7 Å². The molecule has 1 aliphatic rings. The van der Waals surface area contributed by atoms with Gasteiger partial charge >= 0.3 is 0 Å². The summed E-state index contributed by atoms with van der Waals surface area (Å²) in [7, 11) is 1.80. The third-order valence-electron chi connectivity index (χ3n) is 4.18. The third kappa shape index (κ3) is 4.40. The number of hydrogen-bond donors (Lipinski definition) is 0. The van der Waals surface area contributed by atoms with Crippen LogP contribution in [0.3, 0.4) is 0 Å². The third-order valence-corrected chi connectivity index (χ3v) is 4.18. The number of ether oxygens (including phenoxy) is 1. The predicted octanol–water partition coefficient (Wildman–Crippen LogP) is 1.94. The zero-order valence-corrected chi connectivity index (χ0v) is 14.0. The zero-order valence-electron chi connectivity index (χ0n) is 14.0. The average molecular weight is 325 g/mol. The van der Waals surface area contributed by atoms with E-state index in [1.165, 1.54) is 5.56 Å². The Kier molecular flexibility index (Phi) is 5.56. The number of nitrogens with zero attached hydrogens (tertiary/aromatic N) is 3. The zero-order chi connectivity index (χ0) is 16.8. The minimum Gasteiger partial charge on any atom is -0.366 e. The minimum atomic E-state index is -0.406. The van der Waals surface area contributed by atoms with Crippen molar-refractivity contribution in [3.05, 3.63) is 66.0 Å². The summed E-state index contributed by atoms with van der Waals surface area (Å²) in [6.45, 7) is 3.40. The molecule has 1 saturated heterocycles. The normalized spacial score (nSPS) is 18.3. The highest BCUT2D eigenvalue weighted by molar-refractivity contribution is 5.81. The van der Waals surface area contributed by atoms with Crippen LogP contribution in [-0.4, -0.2) is 53.5 Å². The maximum atomic E-state index is 12.6. The number of morpholine rings is 1. The summed E-state index contributed by atoms with van der Waals surface area (Å²) in [4.78, 5) is 20.9. The lowest BCUT2D eigenvalue weighted by Gasteiger charge is -2.34. The number of benzene rings is 1. The first-order valence-corrected chi connectivity index (χ1v) is 8.25. The van der Waals surface area contributed by atoms with Crippen LogP contribution >= 0.6 is 0 Å². The maximum absolute atomic E-state index is 12.6. The van der Waals surface area contributed by atoms with Crippen LogP contribution in [0.4, 0.5) is 0 Å². The fourth-order valence-corrected chi connectivity index (χ4v) is 2.90. The van der Waals surface area contributed by atoms with Gasteiger partial charge in [0.2, 0.25) is 0 Å². The van der Waals surface area contributed by atoms with Crippen molar-refractivity contribution in [3.8, 4) is 0 Å². The van der Waals surface area contributed by atoms with Gasteiger partial charge in [-0.2, -0.15) is 0 Å². The van der Waals surface area contributed by atoms with Crippen molar-refractivity contribution in [3.63, 3.8) is 0 Å². The molecule has 5 heteroatoms. The minimum absolute atomic E-state index is 0.0124. The van der Waals surface area contributed by atoms with E-state index in [0.717, 1.165) is 18.8 Å². The van der Waals surface area contributed by atoms with Crippen molar-refractivity contribution in [2.45, 2.75) is 19.2 Å². The van der Waals surface area contributed by atoms with Crippen LogP contribution in [0.25, 0.3) is 0 Å². The number of aromatic nitrogens is 1. The van der Waals surface area contributed by atoms with Gasteiger partial charge in [-0.15, -0.1) is 0 Å². The topological polar surface area (TPSA) is 45.7 Å². The summed E-state index contributed by atoms with van der Waals surface area (Å²) in [6.07, 6.45) is 1.34. The molecule has 1 aromatic carbocycles. The first-order valence-electron chi connectivity index (χ1n) is 8.25. The van der Waals surface area contributed by atoms with Crippen molar-refractivity contribution in [1.29, 1.82) is 0 Å². The van der Waals surface area contributed by atoms with Gasteiger partial charge in [-0.1, -0.05) is 36.4 Å². The van der Waals surface area contributed by atoms with Crippen LogP contribution in [0.5, 0.6) is 0 Å². The molecule has 1 aromatic heterocycles. The summed E-state index contributed by atoms with van der Waals surface area (Å²) in [5.41, 5.74) is 2.14. The molecule has 126 valence electrons. The van der Waals surface area contributed by atoms with Crippen LogP contribution in [-0.2, 0) is 22.6 Å². The van der Waals surface area contributed by atoms with Crippen LogP contribution < -0.4 is 0 Å². The van der Waals surface area contributed by atoms with E-state index in [0.29, 0.717) is 19.7 Å². The monoisotopic (exact) mass is 325 g/mol. The lowest BCUT2D eigenvalue weighted by molar-refractivity contribution is -0.149. The molecule has 24 heavy (non-hydrogen) atoms. The van der Waals surface area contributed by atoms with E-state index in [1.54, 1.807) is 18.1 Å². The Morgan fingerprint density at radius 2 is 2.04 bits per heavy atom. The maximum Gasteiger partial charge on any atom is 0.253 e. The standard InChI is InChI=1S/C19H23N3O2/c1-21(14-17-9-5-6-10-20-17)19(23)18-15-22(11-12-24-18)13-16-7-3-2-4-8-16/h2-10,18H,11-15H2,1H3/t18-/m1/s1. The molecule has 2 aromatic rings. The van der Waals surface area contributed by atoms with Crippen LogP contribution in [0, 0.1) is 0 Å². The number of hydrogen-bond acceptors (Lipinski definition) is 4. The second-order valence-electron chi connectivity index (χ2n) is 6.10. The lowest BCUT2D eigenvalue weighted by atomic mass is 10.1. The highest BCUT2D eigenvalue weighted by atomic mass is 16.5. The van der Waals surface area contributed by atoms with Gasteiger partial charge in [0.1, 0.15) is 6.10 Å². The number of carbonyl (C=O) groups is 1. The van der Waals surface area contributed by atoms with Crippen molar-refractivity contribution >= 4 is 5.91 Å². The largest absolute Gasteiger partial charge is 0.366 e. The van der Waals surface area contributed by atoms with E-state index in [9.17, 15) is 4.79 Å². The van der Waals surface area contributed by atoms with Gasteiger partial charge in [0.15, 0.2) is 0 Å². The summed E-state index contributed by atoms with van der Waals surface area (Å²) in [5, 5.41) is 0. The molecule has 0 spiro atoms. The van der Waals surface area contributed by atoms with Gasteiger partial charge in [0.05, 0.1) is 18.8 Å². The summed E-state index contributed by atoms with van der Waals surface area (Å²) in [5.74, 6) is 0.0124. The van der Waals surface area contributed by atoms with E-state index >= 15 is 0 Å². The van der Waals surface area contributed by atoms with Gasteiger partial charge in [0.25, 0.3) is 5.91 Å². The van der Waals surface area contributed by atoms with Gasteiger partial charge < -0.3 is 9.64 Å². The molecule has 2 heterocycles. The second-order valence-corrected chi connectivity index (χ2v) is 6.10. The Bertz CT molecular complexity index is 648. The lowest BCUT2D eigenvalue weighted by Crippen LogP contribution is -2.49. The molecule has 0 aliphatic carbocycles. The molecule has 0 radical (unpaired) electrons.